The van der Waals surface area contributed by atoms with Crippen LogP contribution in [0.25, 0.3) is 21.9 Å². The Bertz CT molecular complexity index is 1170. The number of nitrogens with one attached hydrogen (secondary N) is 1. The standard InChI is InChI=1S/C27H33N5O2/c1-31-25(17-32-11-3-2-4-12-32)24(16-29-31)21-9-10-22-15-28-26(14-23(22)13-21)30-27(34)20-7-5-19(18-33)6-8-20/h9-10,13-16,18-20H,2-8,11-12,17H2,1H3,(H,28,30,34)/t19-,20-. The quantitative estimate of drug-likeness (QED) is 0.547. The monoisotopic (exact) mass is 459 g/mol. The van der Waals surface area contributed by atoms with Gasteiger partial charge in [-0.3, -0.25) is 14.4 Å². The highest BCUT2D eigenvalue weighted by Gasteiger charge is 2.26. The van der Waals surface area contributed by atoms with Crippen LogP contribution < -0.4 is 5.32 Å². The first kappa shape index (κ1) is 22.7. The van der Waals surface area contributed by atoms with E-state index in [1.54, 1.807) is 0 Å². The number of rotatable bonds is 6. The van der Waals surface area contributed by atoms with Gasteiger partial charge in [-0.25, -0.2) is 4.98 Å². The van der Waals surface area contributed by atoms with Crippen molar-refractivity contribution in [3.63, 3.8) is 0 Å². The Morgan fingerprint density at radius 2 is 1.85 bits per heavy atom. The molecule has 2 aliphatic rings. The SMILES string of the molecule is Cn1ncc(-c2ccc3cnc(NC(=O)[C@H]4CC[C@H](C=O)CC4)cc3c2)c1CN1CCCCC1. The van der Waals surface area contributed by atoms with Crippen LogP contribution in [0.2, 0.25) is 0 Å². The molecule has 0 radical (unpaired) electrons. The second-order valence-corrected chi connectivity index (χ2v) is 9.83. The molecule has 1 aliphatic heterocycles. The molecule has 7 nitrogen and oxygen atoms in total. The van der Waals surface area contributed by atoms with E-state index in [4.69, 9.17) is 0 Å². The Labute approximate surface area is 200 Å². The zero-order valence-corrected chi connectivity index (χ0v) is 19.9. The molecule has 34 heavy (non-hydrogen) atoms. The average Bonchev–Trinajstić information content (AvgIpc) is 3.24. The summed E-state index contributed by atoms with van der Waals surface area (Å²) in [6.07, 6.45) is 11.8. The molecule has 178 valence electrons. The number of piperidine rings is 1. The van der Waals surface area contributed by atoms with Gasteiger partial charge in [-0.15, -0.1) is 0 Å². The number of hydrogen-bond acceptors (Lipinski definition) is 5. The fraction of sp³-hybridized carbons (Fsp3) is 0.481. The van der Waals surface area contributed by atoms with Gasteiger partial charge in [0.1, 0.15) is 12.1 Å². The predicted molar refractivity (Wildman–Crippen MR) is 133 cm³/mol. The van der Waals surface area contributed by atoms with Crippen molar-refractivity contribution in [3.8, 4) is 11.1 Å². The minimum Gasteiger partial charge on any atom is -0.310 e. The Morgan fingerprint density at radius 3 is 2.62 bits per heavy atom. The van der Waals surface area contributed by atoms with E-state index in [-0.39, 0.29) is 17.7 Å². The smallest absolute Gasteiger partial charge is 0.228 e. The van der Waals surface area contributed by atoms with Crippen molar-refractivity contribution in [2.75, 3.05) is 18.4 Å². The summed E-state index contributed by atoms with van der Waals surface area (Å²) in [7, 11) is 2.02. The molecule has 1 saturated heterocycles. The van der Waals surface area contributed by atoms with Crippen molar-refractivity contribution in [1.82, 2.24) is 19.7 Å². The number of aromatic nitrogens is 3. The summed E-state index contributed by atoms with van der Waals surface area (Å²) in [5.41, 5.74) is 3.52. The number of fused-ring (bicyclic) bond motifs is 1. The first-order valence-electron chi connectivity index (χ1n) is 12.5. The molecule has 0 unspecified atom stereocenters. The van der Waals surface area contributed by atoms with Gasteiger partial charge in [0, 0.05) is 42.6 Å². The van der Waals surface area contributed by atoms with Gasteiger partial charge < -0.3 is 10.1 Å². The van der Waals surface area contributed by atoms with Crippen LogP contribution in [0.4, 0.5) is 5.82 Å². The molecular formula is C27H33N5O2. The van der Waals surface area contributed by atoms with Crippen molar-refractivity contribution in [1.29, 1.82) is 0 Å². The Morgan fingerprint density at radius 1 is 1.06 bits per heavy atom. The molecule has 1 aliphatic carbocycles. The van der Waals surface area contributed by atoms with Crippen LogP contribution in [0, 0.1) is 11.8 Å². The Kier molecular flexibility index (Phi) is 6.72. The summed E-state index contributed by atoms with van der Waals surface area (Å²) in [5.74, 6) is 0.636. The maximum Gasteiger partial charge on any atom is 0.228 e. The molecule has 2 fully saturated rings. The van der Waals surface area contributed by atoms with E-state index in [0.717, 1.165) is 73.5 Å². The van der Waals surface area contributed by atoms with E-state index in [1.165, 1.54) is 25.0 Å². The fourth-order valence-corrected chi connectivity index (χ4v) is 5.34. The van der Waals surface area contributed by atoms with Gasteiger partial charge in [0.05, 0.1) is 11.9 Å². The molecule has 3 aromatic rings. The van der Waals surface area contributed by atoms with E-state index in [9.17, 15) is 9.59 Å². The van der Waals surface area contributed by atoms with Gasteiger partial charge in [-0.1, -0.05) is 18.6 Å². The second-order valence-electron chi connectivity index (χ2n) is 9.83. The van der Waals surface area contributed by atoms with Crippen LogP contribution in [0.15, 0.2) is 36.7 Å². The van der Waals surface area contributed by atoms with E-state index < -0.39 is 0 Å². The lowest BCUT2D eigenvalue weighted by atomic mass is 9.82. The molecule has 7 heteroatoms. The summed E-state index contributed by atoms with van der Waals surface area (Å²) in [6.45, 7) is 3.20. The number of hydrogen-bond donors (Lipinski definition) is 1. The summed E-state index contributed by atoms with van der Waals surface area (Å²) in [4.78, 5) is 30.7. The highest BCUT2D eigenvalue weighted by molar-refractivity contribution is 5.95. The number of carbonyl (C=O) groups is 2. The molecule has 1 aromatic carbocycles. The molecule has 5 rings (SSSR count). The molecule has 0 bridgehead atoms. The van der Waals surface area contributed by atoms with E-state index >= 15 is 0 Å². The summed E-state index contributed by atoms with van der Waals surface area (Å²) in [5, 5.41) is 9.64. The lowest BCUT2D eigenvalue weighted by Crippen LogP contribution is -2.30. The summed E-state index contributed by atoms with van der Waals surface area (Å²) >= 11 is 0. The molecule has 3 heterocycles. The zero-order chi connectivity index (χ0) is 23.5. The van der Waals surface area contributed by atoms with E-state index in [2.05, 4.69) is 38.5 Å². The van der Waals surface area contributed by atoms with Gasteiger partial charge in [0.2, 0.25) is 5.91 Å². The van der Waals surface area contributed by atoms with Crippen molar-refractivity contribution >= 4 is 28.8 Å². The number of carbonyl (C=O) groups excluding carboxylic acids is 2. The van der Waals surface area contributed by atoms with Crippen LogP contribution in [-0.4, -0.2) is 44.9 Å². The molecule has 0 atom stereocenters. The fourth-order valence-electron chi connectivity index (χ4n) is 5.34. The minimum absolute atomic E-state index is 0.00318. The third-order valence-corrected chi connectivity index (χ3v) is 7.50. The number of aryl methyl sites for hydroxylation is 1. The maximum atomic E-state index is 12.8. The molecule has 2 aromatic heterocycles. The van der Waals surface area contributed by atoms with Gasteiger partial charge in [-0.05, 0) is 74.7 Å². The maximum absolute atomic E-state index is 12.8. The first-order chi connectivity index (χ1) is 16.6. The van der Waals surface area contributed by atoms with Crippen LogP contribution in [-0.2, 0) is 23.2 Å². The van der Waals surface area contributed by atoms with Crippen LogP contribution in [0.5, 0.6) is 0 Å². The third kappa shape index (κ3) is 4.89. The van der Waals surface area contributed by atoms with Crippen molar-refractivity contribution in [2.45, 2.75) is 51.5 Å². The lowest BCUT2D eigenvalue weighted by molar-refractivity contribution is -0.122. The summed E-state index contributed by atoms with van der Waals surface area (Å²) < 4.78 is 1.99. The minimum atomic E-state index is -0.0484. The normalized spacial score (nSPS) is 21.4. The van der Waals surface area contributed by atoms with Crippen molar-refractivity contribution in [2.24, 2.45) is 18.9 Å². The Balaban J connectivity index is 1.35. The van der Waals surface area contributed by atoms with E-state index in [1.807, 2.05) is 30.2 Å². The third-order valence-electron chi connectivity index (χ3n) is 7.50. The number of aldehydes is 1. The highest BCUT2D eigenvalue weighted by atomic mass is 16.2. The number of likely N-dealkylation sites (tertiary alicyclic amines) is 1. The molecular weight excluding hydrogens is 426 g/mol. The van der Waals surface area contributed by atoms with Gasteiger partial charge >= 0.3 is 0 Å². The topological polar surface area (TPSA) is 80.1 Å². The number of anilines is 1. The number of nitrogens with zero attached hydrogens (tertiary/aromatic N) is 4. The first-order valence-corrected chi connectivity index (χ1v) is 12.5. The largest absolute Gasteiger partial charge is 0.310 e. The van der Waals surface area contributed by atoms with Gasteiger partial charge in [0.25, 0.3) is 0 Å². The van der Waals surface area contributed by atoms with Crippen LogP contribution >= 0.6 is 0 Å². The second kappa shape index (κ2) is 10.1. The predicted octanol–water partition coefficient (Wildman–Crippen LogP) is 4.57. The van der Waals surface area contributed by atoms with Crippen LogP contribution in [0.3, 0.4) is 0 Å². The zero-order valence-electron chi connectivity index (χ0n) is 19.9. The number of pyridine rings is 1. The van der Waals surface area contributed by atoms with Gasteiger partial charge in [-0.2, -0.15) is 5.10 Å². The molecule has 1 amide bonds. The average molecular weight is 460 g/mol. The Hall–Kier alpha value is -3.06. The lowest BCUT2D eigenvalue weighted by Gasteiger charge is -2.26. The number of amides is 1. The molecule has 0 spiro atoms. The van der Waals surface area contributed by atoms with Gasteiger partial charge in [0.15, 0.2) is 0 Å². The van der Waals surface area contributed by atoms with Crippen LogP contribution in [0.1, 0.15) is 50.6 Å². The molecule has 1 N–H and O–H groups in total. The van der Waals surface area contributed by atoms with Crippen molar-refractivity contribution in [3.05, 3.63) is 42.4 Å². The summed E-state index contributed by atoms with van der Waals surface area (Å²) in [6, 6.07) is 8.33. The van der Waals surface area contributed by atoms with E-state index in [0.29, 0.717) is 5.82 Å². The molecule has 1 saturated carbocycles. The van der Waals surface area contributed by atoms with Crippen molar-refractivity contribution < 1.29 is 9.59 Å². The highest BCUT2D eigenvalue weighted by Crippen LogP contribution is 2.31. The number of benzene rings is 1.